The van der Waals surface area contributed by atoms with Crippen LogP contribution in [0, 0.1) is 0 Å². The molecular formula is C23H19Cl2N3O4S2. The van der Waals surface area contributed by atoms with Gasteiger partial charge in [-0.1, -0.05) is 40.6 Å². The second kappa shape index (κ2) is 10.3. The molecule has 0 saturated heterocycles. The Kier molecular flexibility index (Phi) is 7.39. The van der Waals surface area contributed by atoms with Gasteiger partial charge in [0.1, 0.15) is 0 Å². The fourth-order valence-corrected chi connectivity index (χ4v) is 5.73. The second-order valence-electron chi connectivity index (χ2n) is 7.20. The van der Waals surface area contributed by atoms with E-state index in [1.165, 1.54) is 41.7 Å². The van der Waals surface area contributed by atoms with Crippen LogP contribution < -0.4 is 9.52 Å². The van der Waals surface area contributed by atoms with E-state index in [0.717, 1.165) is 10.2 Å². The van der Waals surface area contributed by atoms with Gasteiger partial charge in [0.05, 0.1) is 21.7 Å². The molecule has 1 heterocycles. The van der Waals surface area contributed by atoms with Crippen molar-refractivity contribution in [1.82, 2.24) is 4.57 Å². The van der Waals surface area contributed by atoms with Gasteiger partial charge in [-0.25, -0.2) is 8.42 Å². The molecule has 1 amide bonds. The third kappa shape index (κ3) is 5.51. The number of aromatic nitrogens is 1. The van der Waals surface area contributed by atoms with Crippen LogP contribution >= 0.6 is 34.5 Å². The molecular weight excluding hydrogens is 517 g/mol. The van der Waals surface area contributed by atoms with Crippen LogP contribution in [-0.4, -0.2) is 32.6 Å². The van der Waals surface area contributed by atoms with Gasteiger partial charge in [-0.05, 0) is 60.7 Å². The quantitative estimate of drug-likeness (QED) is 0.352. The van der Waals surface area contributed by atoms with Crippen molar-refractivity contribution < 1.29 is 17.9 Å². The van der Waals surface area contributed by atoms with E-state index in [-0.39, 0.29) is 16.1 Å². The highest BCUT2D eigenvalue weighted by atomic mass is 35.5. The van der Waals surface area contributed by atoms with Gasteiger partial charge < -0.3 is 9.30 Å². The molecule has 0 bridgehead atoms. The SMILES string of the molecule is COCCn1c(=NC(=O)c2cccc(NS(=O)(=O)c3ccc(Cl)cc3)c2)sc2cc(Cl)ccc21. The minimum atomic E-state index is -3.85. The summed E-state index contributed by atoms with van der Waals surface area (Å²) in [6, 6.07) is 17.4. The van der Waals surface area contributed by atoms with Crippen LogP contribution in [-0.2, 0) is 21.3 Å². The first-order valence-corrected chi connectivity index (χ1v) is 13.1. The molecule has 4 aromatic rings. The highest BCUT2D eigenvalue weighted by molar-refractivity contribution is 7.92. The monoisotopic (exact) mass is 535 g/mol. The Balaban J connectivity index is 1.66. The number of benzene rings is 3. The zero-order valence-electron chi connectivity index (χ0n) is 17.9. The van der Waals surface area contributed by atoms with Crippen molar-refractivity contribution in [2.75, 3.05) is 18.4 Å². The number of carbonyl (C=O) groups excluding carboxylic acids is 1. The zero-order valence-corrected chi connectivity index (χ0v) is 21.0. The molecule has 0 radical (unpaired) electrons. The molecule has 0 aliphatic heterocycles. The molecule has 0 fully saturated rings. The largest absolute Gasteiger partial charge is 0.383 e. The molecule has 0 unspecified atom stereocenters. The average molecular weight is 536 g/mol. The smallest absolute Gasteiger partial charge is 0.279 e. The number of thiazole rings is 1. The van der Waals surface area contributed by atoms with Crippen molar-refractivity contribution in [1.29, 1.82) is 0 Å². The molecule has 0 saturated carbocycles. The number of hydrogen-bond donors (Lipinski definition) is 1. The number of fused-ring (bicyclic) bond motifs is 1. The number of methoxy groups -OCH3 is 1. The van der Waals surface area contributed by atoms with E-state index in [0.29, 0.717) is 28.0 Å². The lowest BCUT2D eigenvalue weighted by Crippen LogP contribution is -2.19. The Hall–Kier alpha value is -2.69. The number of anilines is 1. The Morgan fingerprint density at radius 1 is 1.06 bits per heavy atom. The van der Waals surface area contributed by atoms with Gasteiger partial charge >= 0.3 is 0 Å². The maximum Gasteiger partial charge on any atom is 0.279 e. The lowest BCUT2D eigenvalue weighted by atomic mass is 10.2. The molecule has 0 atom stereocenters. The fourth-order valence-electron chi connectivity index (χ4n) is 3.23. The summed E-state index contributed by atoms with van der Waals surface area (Å²) in [5, 5.41) is 1.02. The second-order valence-corrected chi connectivity index (χ2v) is 10.8. The van der Waals surface area contributed by atoms with Crippen LogP contribution in [0.15, 0.2) is 76.6 Å². The molecule has 4 rings (SSSR count). The van der Waals surface area contributed by atoms with E-state index < -0.39 is 15.9 Å². The molecule has 1 N–H and O–H groups in total. The number of ether oxygens (including phenoxy) is 1. The summed E-state index contributed by atoms with van der Waals surface area (Å²) in [5.41, 5.74) is 1.37. The summed E-state index contributed by atoms with van der Waals surface area (Å²) in [5.74, 6) is -0.503. The molecule has 11 heteroatoms. The minimum Gasteiger partial charge on any atom is -0.383 e. The van der Waals surface area contributed by atoms with Crippen molar-refractivity contribution >= 4 is 66.4 Å². The number of nitrogens with zero attached hydrogens (tertiary/aromatic N) is 2. The standard InChI is InChI=1S/C23H19Cl2N3O4S2/c1-32-12-11-28-20-10-7-17(25)14-21(20)33-23(28)26-22(29)15-3-2-4-18(13-15)27-34(30,31)19-8-5-16(24)6-9-19/h2-10,13-14,27H,11-12H2,1H3. The van der Waals surface area contributed by atoms with Gasteiger partial charge in [-0.2, -0.15) is 4.99 Å². The number of nitrogens with one attached hydrogen (secondary N) is 1. The molecule has 0 aliphatic carbocycles. The maximum atomic E-state index is 13.0. The maximum absolute atomic E-state index is 13.0. The number of hydrogen-bond acceptors (Lipinski definition) is 5. The summed E-state index contributed by atoms with van der Waals surface area (Å²) in [4.78, 5) is 17.8. The van der Waals surface area contributed by atoms with E-state index in [1.54, 1.807) is 31.4 Å². The fraction of sp³-hybridized carbons (Fsp3) is 0.130. The molecule has 34 heavy (non-hydrogen) atoms. The number of carbonyl (C=O) groups is 1. The summed E-state index contributed by atoms with van der Waals surface area (Å²) in [6.45, 7) is 0.947. The number of halogens is 2. The Labute approximate surface area is 210 Å². The number of sulfonamides is 1. The molecule has 176 valence electrons. The Morgan fingerprint density at radius 3 is 2.53 bits per heavy atom. The van der Waals surface area contributed by atoms with E-state index >= 15 is 0 Å². The van der Waals surface area contributed by atoms with Crippen molar-refractivity contribution in [3.05, 3.63) is 87.1 Å². The van der Waals surface area contributed by atoms with E-state index in [9.17, 15) is 13.2 Å². The Bertz CT molecular complexity index is 1530. The Morgan fingerprint density at radius 2 is 1.79 bits per heavy atom. The third-order valence-electron chi connectivity index (χ3n) is 4.85. The predicted molar refractivity (Wildman–Crippen MR) is 135 cm³/mol. The van der Waals surface area contributed by atoms with E-state index in [2.05, 4.69) is 9.71 Å². The van der Waals surface area contributed by atoms with Crippen molar-refractivity contribution in [2.24, 2.45) is 4.99 Å². The number of rotatable bonds is 7. The summed E-state index contributed by atoms with van der Waals surface area (Å²) in [7, 11) is -2.25. The van der Waals surface area contributed by atoms with Gasteiger partial charge in [0, 0.05) is 35.0 Å². The van der Waals surface area contributed by atoms with Crippen LogP contribution in [0.25, 0.3) is 10.2 Å². The predicted octanol–water partition coefficient (Wildman–Crippen LogP) is 5.20. The molecule has 7 nitrogen and oxygen atoms in total. The number of amides is 1. The first-order chi connectivity index (χ1) is 16.3. The lowest BCUT2D eigenvalue weighted by Gasteiger charge is -2.09. The van der Waals surface area contributed by atoms with Crippen molar-refractivity contribution in [3.63, 3.8) is 0 Å². The van der Waals surface area contributed by atoms with Gasteiger partial charge in [-0.3, -0.25) is 9.52 Å². The van der Waals surface area contributed by atoms with Gasteiger partial charge in [-0.15, -0.1) is 0 Å². The third-order valence-corrected chi connectivity index (χ3v) is 7.77. The van der Waals surface area contributed by atoms with Gasteiger partial charge in [0.2, 0.25) is 0 Å². The summed E-state index contributed by atoms with van der Waals surface area (Å²) in [6.07, 6.45) is 0. The van der Waals surface area contributed by atoms with Crippen LogP contribution in [0.3, 0.4) is 0 Å². The van der Waals surface area contributed by atoms with Gasteiger partial charge in [0.15, 0.2) is 4.80 Å². The van der Waals surface area contributed by atoms with Gasteiger partial charge in [0.25, 0.3) is 15.9 Å². The van der Waals surface area contributed by atoms with E-state index in [4.69, 9.17) is 27.9 Å². The zero-order chi connectivity index (χ0) is 24.3. The molecule has 0 aliphatic rings. The minimum absolute atomic E-state index is 0.0569. The molecule has 3 aromatic carbocycles. The first-order valence-electron chi connectivity index (χ1n) is 10.0. The van der Waals surface area contributed by atoms with Crippen molar-refractivity contribution in [3.8, 4) is 0 Å². The normalized spacial score (nSPS) is 12.3. The highest BCUT2D eigenvalue weighted by Gasteiger charge is 2.15. The first kappa shape index (κ1) is 24.4. The highest BCUT2D eigenvalue weighted by Crippen LogP contribution is 2.23. The average Bonchev–Trinajstić information content (AvgIpc) is 3.13. The summed E-state index contributed by atoms with van der Waals surface area (Å²) < 4.78 is 35.8. The molecule has 1 aromatic heterocycles. The van der Waals surface area contributed by atoms with Crippen molar-refractivity contribution in [2.45, 2.75) is 11.4 Å². The van der Waals surface area contributed by atoms with Crippen LogP contribution in [0.2, 0.25) is 10.0 Å². The molecule has 0 spiro atoms. The van der Waals surface area contributed by atoms with Crippen LogP contribution in [0.4, 0.5) is 5.69 Å². The lowest BCUT2D eigenvalue weighted by molar-refractivity contribution is 0.0997. The van der Waals surface area contributed by atoms with Crippen LogP contribution in [0.5, 0.6) is 0 Å². The topological polar surface area (TPSA) is 89.8 Å². The van der Waals surface area contributed by atoms with E-state index in [1.807, 2.05) is 16.7 Å². The van der Waals surface area contributed by atoms with Crippen LogP contribution in [0.1, 0.15) is 10.4 Å². The summed E-state index contributed by atoms with van der Waals surface area (Å²) >= 11 is 13.3.